The molecule has 1 aromatic carbocycles. The molecular formula is C14H14N2O2. The minimum absolute atomic E-state index is 0.331. The van der Waals surface area contributed by atoms with Crippen molar-refractivity contribution in [1.29, 1.82) is 5.26 Å². The van der Waals surface area contributed by atoms with Gasteiger partial charge in [0, 0.05) is 24.5 Å². The van der Waals surface area contributed by atoms with Crippen molar-refractivity contribution in [1.82, 2.24) is 4.57 Å². The van der Waals surface area contributed by atoms with E-state index in [2.05, 4.69) is 6.07 Å². The van der Waals surface area contributed by atoms with Crippen LogP contribution in [0.3, 0.4) is 0 Å². The van der Waals surface area contributed by atoms with Crippen molar-refractivity contribution >= 4 is 16.9 Å². The molecule has 1 heterocycles. The summed E-state index contributed by atoms with van der Waals surface area (Å²) in [4.78, 5) is 11.2. The molecule has 92 valence electrons. The first-order valence-electron chi connectivity index (χ1n) is 5.92. The Balaban J connectivity index is 2.28. The normalized spacial score (nSPS) is 10.4. The number of nitriles is 1. The minimum atomic E-state index is -0.905. The first-order chi connectivity index (χ1) is 8.74. The second-order valence-electron chi connectivity index (χ2n) is 4.17. The van der Waals surface area contributed by atoms with Crippen LogP contribution < -0.4 is 0 Å². The molecule has 0 amide bonds. The number of carboxylic acids is 1. The van der Waals surface area contributed by atoms with Gasteiger partial charge >= 0.3 is 5.97 Å². The second kappa shape index (κ2) is 5.37. The van der Waals surface area contributed by atoms with E-state index in [4.69, 9.17) is 5.26 Å². The predicted molar refractivity (Wildman–Crippen MR) is 68.4 cm³/mol. The van der Waals surface area contributed by atoms with Crippen LogP contribution in [-0.2, 0) is 6.54 Å². The first kappa shape index (κ1) is 12.2. The molecule has 0 saturated heterocycles. The van der Waals surface area contributed by atoms with Crippen molar-refractivity contribution in [3.63, 3.8) is 0 Å². The fourth-order valence-corrected chi connectivity index (χ4v) is 2.11. The third-order valence-corrected chi connectivity index (χ3v) is 2.96. The average Bonchev–Trinajstić information content (AvgIpc) is 2.77. The monoisotopic (exact) mass is 242 g/mol. The number of rotatable bonds is 5. The van der Waals surface area contributed by atoms with E-state index < -0.39 is 5.97 Å². The summed E-state index contributed by atoms with van der Waals surface area (Å²) in [7, 11) is 0. The molecule has 1 N–H and O–H groups in total. The van der Waals surface area contributed by atoms with Crippen LogP contribution in [0.15, 0.2) is 30.5 Å². The van der Waals surface area contributed by atoms with Crippen molar-refractivity contribution < 1.29 is 9.90 Å². The molecular weight excluding hydrogens is 228 g/mol. The topological polar surface area (TPSA) is 66.0 Å². The summed E-state index contributed by atoms with van der Waals surface area (Å²) in [6, 6.07) is 9.32. The highest BCUT2D eigenvalue weighted by Gasteiger charge is 2.11. The molecule has 1 aromatic heterocycles. The molecule has 4 nitrogen and oxygen atoms in total. The average molecular weight is 242 g/mol. The molecule has 0 aliphatic carbocycles. The number of para-hydroxylation sites is 1. The summed E-state index contributed by atoms with van der Waals surface area (Å²) in [5, 5.41) is 18.6. The SMILES string of the molecule is N#CCCCCn1ccc2cccc(C(=O)O)c21. The molecule has 0 radical (unpaired) electrons. The number of aromatic nitrogens is 1. The number of benzene rings is 1. The molecule has 0 spiro atoms. The number of carbonyl (C=O) groups is 1. The molecule has 2 aromatic rings. The Morgan fingerprint density at radius 1 is 1.33 bits per heavy atom. The lowest BCUT2D eigenvalue weighted by Crippen LogP contribution is -2.03. The van der Waals surface area contributed by atoms with Gasteiger partial charge < -0.3 is 9.67 Å². The molecule has 18 heavy (non-hydrogen) atoms. The maximum atomic E-state index is 11.2. The van der Waals surface area contributed by atoms with Gasteiger partial charge in [-0.1, -0.05) is 12.1 Å². The second-order valence-corrected chi connectivity index (χ2v) is 4.17. The summed E-state index contributed by atoms with van der Waals surface area (Å²) in [6.07, 6.45) is 4.17. The van der Waals surface area contributed by atoms with E-state index in [0.717, 1.165) is 30.3 Å². The predicted octanol–water partition coefficient (Wildman–Crippen LogP) is 3.03. The zero-order valence-corrected chi connectivity index (χ0v) is 9.97. The van der Waals surface area contributed by atoms with E-state index >= 15 is 0 Å². The van der Waals surface area contributed by atoms with Gasteiger partial charge in [-0.2, -0.15) is 5.26 Å². The van der Waals surface area contributed by atoms with Gasteiger partial charge in [0.25, 0.3) is 0 Å². The Morgan fingerprint density at radius 3 is 2.89 bits per heavy atom. The minimum Gasteiger partial charge on any atom is -0.478 e. The summed E-state index contributed by atoms with van der Waals surface area (Å²) < 4.78 is 1.95. The van der Waals surface area contributed by atoms with Crippen molar-refractivity contribution in [3.8, 4) is 6.07 Å². The van der Waals surface area contributed by atoms with E-state index in [9.17, 15) is 9.90 Å². The maximum absolute atomic E-state index is 11.2. The van der Waals surface area contributed by atoms with Crippen LogP contribution in [0.25, 0.3) is 10.9 Å². The van der Waals surface area contributed by atoms with Gasteiger partial charge in [-0.15, -0.1) is 0 Å². The van der Waals surface area contributed by atoms with Crippen molar-refractivity contribution in [2.75, 3.05) is 0 Å². The number of hydrogen-bond acceptors (Lipinski definition) is 2. The third-order valence-electron chi connectivity index (χ3n) is 2.96. The standard InChI is InChI=1S/C14H14N2O2/c15-8-2-1-3-9-16-10-7-11-5-4-6-12(13(11)16)14(17)18/h4-7,10H,1-3,9H2,(H,17,18). The quantitative estimate of drug-likeness (QED) is 0.819. The first-order valence-corrected chi connectivity index (χ1v) is 5.92. The number of aryl methyl sites for hydroxylation is 1. The van der Waals surface area contributed by atoms with E-state index in [1.165, 1.54) is 0 Å². The van der Waals surface area contributed by atoms with Gasteiger partial charge in [-0.3, -0.25) is 0 Å². The Labute approximate surface area is 105 Å². The summed E-state index contributed by atoms with van der Waals surface area (Å²) in [6.45, 7) is 0.746. The lowest BCUT2D eigenvalue weighted by atomic mass is 10.1. The number of unbranched alkanes of at least 4 members (excludes halogenated alkanes) is 2. The molecule has 0 aliphatic rings. The van der Waals surface area contributed by atoms with Crippen LogP contribution in [0.2, 0.25) is 0 Å². The van der Waals surface area contributed by atoms with Crippen molar-refractivity contribution in [3.05, 3.63) is 36.0 Å². The largest absolute Gasteiger partial charge is 0.478 e. The van der Waals surface area contributed by atoms with Gasteiger partial charge in [-0.25, -0.2) is 4.79 Å². The summed E-state index contributed by atoms with van der Waals surface area (Å²) in [5.41, 5.74) is 1.10. The van der Waals surface area contributed by atoms with Crippen LogP contribution in [0.1, 0.15) is 29.6 Å². The zero-order chi connectivity index (χ0) is 13.0. The molecule has 0 unspecified atom stereocenters. The Bertz CT molecular complexity index is 608. The molecule has 0 aliphatic heterocycles. The van der Waals surface area contributed by atoms with Crippen LogP contribution in [0.5, 0.6) is 0 Å². The molecule has 0 atom stereocenters. The van der Waals surface area contributed by atoms with Gasteiger partial charge in [-0.05, 0) is 25.0 Å². The highest BCUT2D eigenvalue weighted by atomic mass is 16.4. The van der Waals surface area contributed by atoms with Gasteiger partial charge in [0.05, 0.1) is 17.1 Å². The van der Waals surface area contributed by atoms with Gasteiger partial charge in [0.15, 0.2) is 0 Å². The van der Waals surface area contributed by atoms with Crippen molar-refractivity contribution in [2.24, 2.45) is 0 Å². The fourth-order valence-electron chi connectivity index (χ4n) is 2.11. The lowest BCUT2D eigenvalue weighted by Gasteiger charge is -2.06. The maximum Gasteiger partial charge on any atom is 0.337 e. The Morgan fingerprint density at radius 2 is 2.17 bits per heavy atom. The Kier molecular flexibility index (Phi) is 3.63. The van der Waals surface area contributed by atoms with Gasteiger partial charge in [0.2, 0.25) is 0 Å². The van der Waals surface area contributed by atoms with Crippen molar-refractivity contribution in [2.45, 2.75) is 25.8 Å². The Hall–Kier alpha value is -2.28. The number of fused-ring (bicyclic) bond motifs is 1. The summed E-state index contributed by atoms with van der Waals surface area (Å²) in [5.74, 6) is -0.905. The molecule has 2 rings (SSSR count). The molecule has 0 saturated carbocycles. The molecule has 4 heteroatoms. The summed E-state index contributed by atoms with van der Waals surface area (Å²) >= 11 is 0. The van der Waals surface area contributed by atoms with Crippen LogP contribution >= 0.6 is 0 Å². The van der Waals surface area contributed by atoms with Gasteiger partial charge in [0.1, 0.15) is 0 Å². The molecule has 0 fully saturated rings. The lowest BCUT2D eigenvalue weighted by molar-refractivity contribution is 0.0698. The number of hydrogen-bond donors (Lipinski definition) is 1. The highest BCUT2D eigenvalue weighted by Crippen LogP contribution is 2.21. The zero-order valence-electron chi connectivity index (χ0n) is 9.97. The number of nitrogens with zero attached hydrogens (tertiary/aromatic N) is 2. The van der Waals surface area contributed by atoms with E-state index in [1.807, 2.05) is 22.9 Å². The van der Waals surface area contributed by atoms with E-state index in [0.29, 0.717) is 12.0 Å². The molecule has 0 bridgehead atoms. The smallest absolute Gasteiger partial charge is 0.337 e. The van der Waals surface area contributed by atoms with E-state index in [1.54, 1.807) is 12.1 Å². The number of aromatic carboxylic acids is 1. The van der Waals surface area contributed by atoms with Crippen LogP contribution in [0, 0.1) is 11.3 Å². The van der Waals surface area contributed by atoms with Crippen LogP contribution in [-0.4, -0.2) is 15.6 Å². The third kappa shape index (κ3) is 2.35. The number of carboxylic acid groups (broad SMARTS) is 1. The van der Waals surface area contributed by atoms with Crippen LogP contribution in [0.4, 0.5) is 0 Å². The fraction of sp³-hybridized carbons (Fsp3) is 0.286. The van der Waals surface area contributed by atoms with E-state index in [-0.39, 0.29) is 0 Å². The highest BCUT2D eigenvalue weighted by molar-refractivity contribution is 6.02.